The van der Waals surface area contributed by atoms with E-state index in [9.17, 15) is 0 Å². The second-order valence-electron chi connectivity index (χ2n) is 5.15. The van der Waals surface area contributed by atoms with E-state index in [0.717, 1.165) is 12.4 Å². The number of nitrogens with one attached hydrogen (secondary N) is 1. The van der Waals surface area contributed by atoms with E-state index < -0.39 is 0 Å². The number of piperidine rings is 1. The van der Waals surface area contributed by atoms with Crippen LogP contribution in [0.3, 0.4) is 0 Å². The molecule has 2 saturated heterocycles. The Morgan fingerprint density at radius 1 is 1.12 bits per heavy atom. The fourth-order valence-corrected chi connectivity index (χ4v) is 2.88. The van der Waals surface area contributed by atoms with Crippen molar-refractivity contribution in [3.05, 3.63) is 23.9 Å². The lowest BCUT2D eigenvalue weighted by molar-refractivity contribution is 0.572. The van der Waals surface area contributed by atoms with Crippen molar-refractivity contribution in [1.29, 1.82) is 0 Å². The zero-order chi connectivity index (χ0) is 11.5. The minimum absolute atomic E-state index is 0.540. The van der Waals surface area contributed by atoms with Gasteiger partial charge in [-0.25, -0.2) is 4.98 Å². The monoisotopic (exact) mass is 231 g/mol. The third-order valence-electron chi connectivity index (χ3n) is 3.91. The van der Waals surface area contributed by atoms with Crippen molar-refractivity contribution in [3.8, 4) is 0 Å². The van der Waals surface area contributed by atoms with Crippen molar-refractivity contribution < 1.29 is 0 Å². The molecule has 2 aliphatic rings. The third-order valence-corrected chi connectivity index (χ3v) is 3.91. The van der Waals surface area contributed by atoms with Gasteiger partial charge in [0.05, 0.1) is 0 Å². The molecule has 3 heteroatoms. The standard InChI is InChI=1S/C14H21N3/c1-2-9-17(10-3-1)14-7-6-12(11-16-14)13-5-4-8-15-13/h6-7,11,13,15H,1-5,8-10H2/t13-/m1/s1. The van der Waals surface area contributed by atoms with Crippen molar-refractivity contribution in [3.63, 3.8) is 0 Å². The minimum Gasteiger partial charge on any atom is -0.357 e. The summed E-state index contributed by atoms with van der Waals surface area (Å²) >= 11 is 0. The normalized spacial score (nSPS) is 25.2. The molecule has 3 rings (SSSR count). The van der Waals surface area contributed by atoms with E-state index in [2.05, 4.69) is 33.5 Å². The van der Waals surface area contributed by atoms with Gasteiger partial charge in [0.25, 0.3) is 0 Å². The van der Waals surface area contributed by atoms with Crippen LogP contribution in [0.4, 0.5) is 5.82 Å². The Kier molecular flexibility index (Phi) is 3.27. The van der Waals surface area contributed by atoms with E-state index in [1.54, 1.807) is 0 Å². The molecular weight excluding hydrogens is 210 g/mol. The third kappa shape index (κ3) is 2.44. The smallest absolute Gasteiger partial charge is 0.128 e. The summed E-state index contributed by atoms with van der Waals surface area (Å²) in [6, 6.07) is 4.98. The molecule has 3 nitrogen and oxygen atoms in total. The first kappa shape index (κ1) is 11.0. The van der Waals surface area contributed by atoms with Crippen LogP contribution in [0.5, 0.6) is 0 Å². The van der Waals surface area contributed by atoms with Gasteiger partial charge in [-0.2, -0.15) is 0 Å². The molecule has 2 fully saturated rings. The highest BCUT2D eigenvalue weighted by Crippen LogP contribution is 2.24. The largest absolute Gasteiger partial charge is 0.357 e. The number of nitrogens with zero attached hydrogens (tertiary/aromatic N) is 2. The molecule has 1 aromatic heterocycles. The number of anilines is 1. The maximum absolute atomic E-state index is 4.63. The molecule has 1 aromatic rings. The van der Waals surface area contributed by atoms with Gasteiger partial charge < -0.3 is 10.2 Å². The fraction of sp³-hybridized carbons (Fsp3) is 0.643. The summed E-state index contributed by atoms with van der Waals surface area (Å²) in [5, 5.41) is 3.52. The molecule has 2 aliphatic heterocycles. The highest BCUT2D eigenvalue weighted by atomic mass is 15.2. The maximum atomic E-state index is 4.63. The first-order valence-corrected chi connectivity index (χ1v) is 6.88. The van der Waals surface area contributed by atoms with Crippen molar-refractivity contribution in [2.75, 3.05) is 24.5 Å². The average Bonchev–Trinajstić information content (AvgIpc) is 2.94. The zero-order valence-electron chi connectivity index (χ0n) is 10.4. The Morgan fingerprint density at radius 2 is 2.00 bits per heavy atom. The summed E-state index contributed by atoms with van der Waals surface area (Å²) in [6.07, 6.45) is 8.61. The van der Waals surface area contributed by atoms with Crippen LogP contribution in [0, 0.1) is 0 Å². The zero-order valence-corrected chi connectivity index (χ0v) is 10.4. The molecule has 0 aromatic carbocycles. The molecular formula is C14H21N3. The second-order valence-corrected chi connectivity index (χ2v) is 5.15. The molecule has 0 saturated carbocycles. The molecule has 92 valence electrons. The van der Waals surface area contributed by atoms with E-state index in [0.29, 0.717) is 6.04 Å². The van der Waals surface area contributed by atoms with Gasteiger partial charge in [0.1, 0.15) is 5.82 Å². The van der Waals surface area contributed by atoms with Gasteiger partial charge in [-0.05, 0) is 50.3 Å². The van der Waals surface area contributed by atoms with Crippen LogP contribution in [0.25, 0.3) is 0 Å². The molecule has 3 heterocycles. The van der Waals surface area contributed by atoms with Gasteiger partial charge in [-0.3, -0.25) is 0 Å². The van der Waals surface area contributed by atoms with Gasteiger partial charge >= 0.3 is 0 Å². The topological polar surface area (TPSA) is 28.2 Å². The summed E-state index contributed by atoms with van der Waals surface area (Å²) in [7, 11) is 0. The lowest BCUT2D eigenvalue weighted by Gasteiger charge is -2.27. The maximum Gasteiger partial charge on any atom is 0.128 e. The Morgan fingerprint density at radius 3 is 2.65 bits per heavy atom. The van der Waals surface area contributed by atoms with Crippen LogP contribution in [-0.4, -0.2) is 24.6 Å². The molecule has 0 amide bonds. The Hall–Kier alpha value is -1.09. The quantitative estimate of drug-likeness (QED) is 0.847. The molecule has 0 spiro atoms. The summed E-state index contributed by atoms with van der Waals surface area (Å²) in [6.45, 7) is 3.50. The molecule has 0 radical (unpaired) electrons. The number of pyridine rings is 1. The van der Waals surface area contributed by atoms with Crippen LogP contribution < -0.4 is 10.2 Å². The van der Waals surface area contributed by atoms with Crippen LogP contribution >= 0.6 is 0 Å². The molecule has 0 bridgehead atoms. The number of aromatic nitrogens is 1. The van der Waals surface area contributed by atoms with Crippen molar-refractivity contribution in [2.24, 2.45) is 0 Å². The number of hydrogen-bond donors (Lipinski definition) is 1. The average molecular weight is 231 g/mol. The first-order valence-electron chi connectivity index (χ1n) is 6.88. The first-order chi connectivity index (χ1) is 8.43. The summed E-state index contributed by atoms with van der Waals surface area (Å²) in [5.74, 6) is 1.16. The van der Waals surface area contributed by atoms with E-state index in [1.165, 1.54) is 50.8 Å². The number of hydrogen-bond acceptors (Lipinski definition) is 3. The Bertz CT molecular complexity index is 348. The summed E-state index contributed by atoms with van der Waals surface area (Å²) < 4.78 is 0. The van der Waals surface area contributed by atoms with Crippen LogP contribution in [0.15, 0.2) is 18.3 Å². The van der Waals surface area contributed by atoms with Crippen molar-refractivity contribution in [1.82, 2.24) is 10.3 Å². The SMILES string of the molecule is c1cc(N2CCCCC2)ncc1[C@H]1CCCN1. The minimum atomic E-state index is 0.540. The molecule has 1 N–H and O–H groups in total. The predicted octanol–water partition coefficient (Wildman–Crippen LogP) is 2.50. The second kappa shape index (κ2) is 5.05. The Labute approximate surface area is 103 Å². The van der Waals surface area contributed by atoms with Crippen LogP contribution in [0.1, 0.15) is 43.7 Å². The Balaban J connectivity index is 1.70. The van der Waals surface area contributed by atoms with Crippen LogP contribution in [0.2, 0.25) is 0 Å². The van der Waals surface area contributed by atoms with Gasteiger partial charge in [-0.1, -0.05) is 6.07 Å². The highest BCUT2D eigenvalue weighted by molar-refractivity contribution is 5.40. The lowest BCUT2D eigenvalue weighted by atomic mass is 10.1. The predicted molar refractivity (Wildman–Crippen MR) is 70.3 cm³/mol. The van der Waals surface area contributed by atoms with Crippen molar-refractivity contribution >= 4 is 5.82 Å². The highest BCUT2D eigenvalue weighted by Gasteiger charge is 2.17. The van der Waals surface area contributed by atoms with E-state index in [1.807, 2.05) is 0 Å². The fourth-order valence-electron chi connectivity index (χ4n) is 2.88. The summed E-state index contributed by atoms with van der Waals surface area (Å²) in [4.78, 5) is 7.04. The van der Waals surface area contributed by atoms with Gasteiger partial charge in [0.15, 0.2) is 0 Å². The van der Waals surface area contributed by atoms with Gasteiger partial charge in [0, 0.05) is 25.3 Å². The number of rotatable bonds is 2. The molecule has 17 heavy (non-hydrogen) atoms. The molecule has 0 unspecified atom stereocenters. The summed E-state index contributed by atoms with van der Waals surface area (Å²) in [5.41, 5.74) is 1.35. The lowest BCUT2D eigenvalue weighted by Crippen LogP contribution is -2.30. The van der Waals surface area contributed by atoms with Crippen molar-refractivity contribution in [2.45, 2.75) is 38.1 Å². The molecule has 1 atom stereocenters. The van der Waals surface area contributed by atoms with E-state index in [-0.39, 0.29) is 0 Å². The molecule has 0 aliphatic carbocycles. The van der Waals surface area contributed by atoms with E-state index >= 15 is 0 Å². The van der Waals surface area contributed by atoms with Crippen LogP contribution in [-0.2, 0) is 0 Å². The van der Waals surface area contributed by atoms with Gasteiger partial charge in [-0.15, -0.1) is 0 Å². The van der Waals surface area contributed by atoms with Gasteiger partial charge in [0.2, 0.25) is 0 Å². The van der Waals surface area contributed by atoms with E-state index in [4.69, 9.17) is 0 Å².